The van der Waals surface area contributed by atoms with Gasteiger partial charge in [-0.3, -0.25) is 4.21 Å². The molecule has 0 amide bonds. The summed E-state index contributed by atoms with van der Waals surface area (Å²) < 4.78 is 71.9. The molecule has 0 fully saturated rings. The van der Waals surface area contributed by atoms with Gasteiger partial charge in [0.15, 0.2) is 6.04 Å². The first-order chi connectivity index (χ1) is 13.1. The second kappa shape index (κ2) is 9.83. The third kappa shape index (κ3) is 7.08. The van der Waals surface area contributed by atoms with Gasteiger partial charge in [-0.15, -0.1) is 0 Å². The molecular weight excluding hydrogens is 398 g/mol. The van der Waals surface area contributed by atoms with Gasteiger partial charge in [0.25, 0.3) is 0 Å². The molecule has 2 rings (SSSR count). The summed E-state index contributed by atoms with van der Waals surface area (Å²) >= 11 is 0. The number of pyridine rings is 1. The molecule has 1 heterocycles. The van der Waals surface area contributed by atoms with Crippen LogP contribution in [0.4, 0.5) is 17.6 Å². The molecule has 0 spiro atoms. The summed E-state index contributed by atoms with van der Waals surface area (Å²) in [6, 6.07) is 6.29. The van der Waals surface area contributed by atoms with Crippen molar-refractivity contribution >= 4 is 10.6 Å². The summed E-state index contributed by atoms with van der Waals surface area (Å²) in [5, 5.41) is 3.17. The zero-order valence-corrected chi connectivity index (χ0v) is 16.2. The molecule has 28 heavy (non-hydrogen) atoms. The van der Waals surface area contributed by atoms with Crippen molar-refractivity contribution in [3.8, 4) is 5.88 Å². The van der Waals surface area contributed by atoms with Crippen LogP contribution < -0.4 is 10.1 Å². The van der Waals surface area contributed by atoms with Crippen LogP contribution in [0.5, 0.6) is 5.88 Å². The number of rotatable bonds is 8. The molecule has 0 bridgehead atoms. The van der Waals surface area contributed by atoms with Crippen molar-refractivity contribution in [1.29, 1.82) is 0 Å². The largest absolute Gasteiger partial charge is 0.476 e. The van der Waals surface area contributed by atoms with E-state index in [0.717, 1.165) is 18.0 Å². The lowest BCUT2D eigenvalue weighted by Gasteiger charge is -2.17. The number of hydrogen-bond donors (Lipinski definition) is 2. The van der Waals surface area contributed by atoms with Gasteiger partial charge in [0, 0.05) is 35.5 Å². The third-order valence-corrected chi connectivity index (χ3v) is 4.28. The van der Waals surface area contributed by atoms with Gasteiger partial charge >= 0.3 is 6.18 Å². The van der Waals surface area contributed by atoms with Crippen molar-refractivity contribution < 1.29 is 26.5 Å². The summed E-state index contributed by atoms with van der Waals surface area (Å²) in [7, 11) is -2.27. The second-order valence-corrected chi connectivity index (χ2v) is 7.33. The smallest absolute Gasteiger partial charge is 0.415 e. The molecular formula is C18H21F4N3O2S. The molecule has 3 atom stereocenters. The Morgan fingerprint density at radius 2 is 1.89 bits per heavy atom. The fourth-order valence-electron chi connectivity index (χ4n) is 2.31. The number of thiol groups is 1. The van der Waals surface area contributed by atoms with E-state index >= 15 is 0 Å². The molecule has 0 saturated heterocycles. The zero-order chi connectivity index (χ0) is 20.7. The molecule has 2 aromatic rings. The van der Waals surface area contributed by atoms with Crippen molar-refractivity contribution in [3.05, 3.63) is 59.5 Å². The van der Waals surface area contributed by atoms with Crippen LogP contribution in [0.2, 0.25) is 0 Å². The van der Waals surface area contributed by atoms with E-state index in [1.54, 1.807) is 12.1 Å². The maximum Gasteiger partial charge on any atom is 0.415 e. The average molecular weight is 419 g/mol. The topological polar surface area (TPSA) is 63.6 Å². The zero-order valence-electron chi connectivity index (χ0n) is 15.3. The van der Waals surface area contributed by atoms with Crippen LogP contribution in [0, 0.1) is 5.82 Å². The van der Waals surface area contributed by atoms with Crippen molar-refractivity contribution in [1.82, 2.24) is 10.3 Å². The molecule has 5 nitrogen and oxygen atoms in total. The number of ether oxygens (including phenoxy) is 1. The van der Waals surface area contributed by atoms with E-state index in [0.29, 0.717) is 12.4 Å². The lowest BCUT2D eigenvalue weighted by atomic mass is 10.1. The SMILES string of the molecule is C[C@@H](COc1ccc(F)cn1)NCc1ccc([C@H](/N=[SH](\C)=O)C(F)(F)F)cc1. The van der Waals surface area contributed by atoms with Crippen LogP contribution >= 0.6 is 0 Å². The summed E-state index contributed by atoms with van der Waals surface area (Å²) in [6.07, 6.45) is -2.40. The van der Waals surface area contributed by atoms with E-state index in [1.807, 2.05) is 6.92 Å². The van der Waals surface area contributed by atoms with Crippen LogP contribution in [0.3, 0.4) is 0 Å². The first kappa shape index (κ1) is 22.1. The Kier molecular flexibility index (Phi) is 7.76. The number of hydrogen-bond acceptors (Lipinski definition) is 5. The number of nitrogens with zero attached hydrogens (tertiary/aromatic N) is 2. The normalized spacial score (nSPS) is 15.2. The predicted octanol–water partition coefficient (Wildman–Crippen LogP) is 3.68. The van der Waals surface area contributed by atoms with Gasteiger partial charge in [-0.1, -0.05) is 24.3 Å². The van der Waals surface area contributed by atoms with Gasteiger partial charge in [0.2, 0.25) is 5.88 Å². The summed E-state index contributed by atoms with van der Waals surface area (Å²) in [4.78, 5) is 3.79. The fraction of sp³-hybridized carbons (Fsp3) is 0.389. The monoisotopic (exact) mass is 419 g/mol. The van der Waals surface area contributed by atoms with Crippen LogP contribution in [-0.2, 0) is 17.1 Å². The highest BCUT2D eigenvalue weighted by Crippen LogP contribution is 2.36. The maximum atomic E-state index is 13.1. The summed E-state index contributed by atoms with van der Waals surface area (Å²) in [5.74, 6) is -0.149. The average Bonchev–Trinajstić information content (AvgIpc) is 2.63. The number of benzene rings is 1. The Hall–Kier alpha value is -2.20. The first-order valence-corrected chi connectivity index (χ1v) is 10.1. The van der Waals surface area contributed by atoms with Crippen molar-refractivity contribution in [3.63, 3.8) is 0 Å². The Labute approximate surface area is 162 Å². The van der Waals surface area contributed by atoms with E-state index in [2.05, 4.69) is 14.7 Å². The van der Waals surface area contributed by atoms with E-state index in [4.69, 9.17) is 4.74 Å². The molecule has 10 heteroatoms. The minimum Gasteiger partial charge on any atom is -0.476 e. The highest BCUT2D eigenvalue weighted by atomic mass is 32.2. The predicted molar refractivity (Wildman–Crippen MR) is 99.1 cm³/mol. The van der Waals surface area contributed by atoms with Crippen LogP contribution in [0.15, 0.2) is 47.0 Å². The molecule has 1 unspecified atom stereocenters. The standard InChI is InChI=1S/C18H21F4N3O2S/c1-12(11-27-16-8-7-15(19)10-24-16)23-9-13-3-5-14(6-4-13)17(18(20,21)22)25-28(2)26/h3-8,10,12,17,23,28H,9,11H2,1-2H3/t12-,17-/m0/s1. The molecule has 0 radical (unpaired) electrons. The summed E-state index contributed by atoms with van der Waals surface area (Å²) in [5.41, 5.74) is 0.720. The maximum absolute atomic E-state index is 13.1. The van der Waals surface area contributed by atoms with Crippen molar-refractivity contribution in [2.24, 2.45) is 4.36 Å². The van der Waals surface area contributed by atoms with Gasteiger partial charge in [-0.2, -0.15) is 13.2 Å². The van der Waals surface area contributed by atoms with E-state index < -0.39 is 28.6 Å². The number of halogens is 4. The minimum absolute atomic E-state index is 0.0554. The van der Waals surface area contributed by atoms with Crippen LogP contribution in [-0.4, -0.2) is 34.3 Å². The van der Waals surface area contributed by atoms with Gasteiger partial charge < -0.3 is 10.1 Å². The van der Waals surface area contributed by atoms with Crippen molar-refractivity contribution in [2.45, 2.75) is 31.7 Å². The van der Waals surface area contributed by atoms with Gasteiger partial charge in [-0.25, -0.2) is 13.7 Å². The lowest BCUT2D eigenvalue weighted by Crippen LogP contribution is -2.31. The van der Waals surface area contributed by atoms with Gasteiger partial charge in [0.05, 0.1) is 6.20 Å². The van der Waals surface area contributed by atoms with Gasteiger partial charge in [-0.05, 0) is 24.1 Å². The highest BCUT2D eigenvalue weighted by molar-refractivity contribution is 7.74. The lowest BCUT2D eigenvalue weighted by molar-refractivity contribution is -0.148. The Morgan fingerprint density at radius 3 is 2.43 bits per heavy atom. The number of alkyl halides is 3. The fourth-order valence-corrected chi connectivity index (χ4v) is 2.90. The molecule has 154 valence electrons. The quantitative estimate of drug-likeness (QED) is 0.506. The molecule has 0 saturated carbocycles. The molecule has 1 N–H and O–H groups in total. The Balaban J connectivity index is 1.90. The van der Waals surface area contributed by atoms with Crippen LogP contribution in [0.1, 0.15) is 24.1 Å². The molecule has 1 aromatic heterocycles. The highest BCUT2D eigenvalue weighted by Gasteiger charge is 2.40. The number of aromatic nitrogens is 1. The Morgan fingerprint density at radius 1 is 1.21 bits per heavy atom. The molecule has 1 aromatic carbocycles. The van der Waals surface area contributed by atoms with E-state index in [1.165, 1.54) is 24.3 Å². The second-order valence-electron chi connectivity index (χ2n) is 6.17. The molecule has 0 aliphatic rings. The van der Waals surface area contributed by atoms with E-state index in [9.17, 15) is 21.8 Å². The van der Waals surface area contributed by atoms with E-state index in [-0.39, 0.29) is 18.2 Å². The molecule has 0 aliphatic heterocycles. The third-order valence-electron chi connectivity index (χ3n) is 3.72. The van der Waals surface area contributed by atoms with Gasteiger partial charge in [0.1, 0.15) is 12.4 Å². The summed E-state index contributed by atoms with van der Waals surface area (Å²) in [6.45, 7) is 2.57. The Bertz CT molecular complexity index is 835. The molecule has 0 aliphatic carbocycles. The minimum atomic E-state index is -4.60. The number of nitrogens with one attached hydrogen (secondary N) is 1. The van der Waals surface area contributed by atoms with Crippen LogP contribution in [0.25, 0.3) is 0 Å². The first-order valence-electron chi connectivity index (χ1n) is 8.40. The van der Waals surface area contributed by atoms with Crippen molar-refractivity contribution in [2.75, 3.05) is 12.9 Å².